The van der Waals surface area contributed by atoms with Gasteiger partial charge < -0.3 is 5.11 Å². The summed E-state index contributed by atoms with van der Waals surface area (Å²) < 4.78 is 37.6. The number of halogens is 1. The first-order valence-electron chi connectivity index (χ1n) is 6.25. The summed E-state index contributed by atoms with van der Waals surface area (Å²) in [4.78, 5) is 10.3. The van der Waals surface area contributed by atoms with Crippen LogP contribution in [0.25, 0.3) is 0 Å². The lowest BCUT2D eigenvalue weighted by Gasteiger charge is -2.06. The molecule has 0 unspecified atom stereocenters. The highest BCUT2D eigenvalue weighted by Crippen LogP contribution is 2.19. The van der Waals surface area contributed by atoms with Crippen LogP contribution in [0, 0.1) is 5.82 Å². The van der Waals surface area contributed by atoms with E-state index in [1.807, 2.05) is 0 Å². The Morgan fingerprint density at radius 3 is 2.60 bits per heavy atom. The van der Waals surface area contributed by atoms with Crippen molar-refractivity contribution < 1.29 is 22.7 Å². The van der Waals surface area contributed by atoms with E-state index < -0.39 is 26.5 Å². The zero-order chi connectivity index (χ0) is 15.2. The number of carboxylic acids is 1. The number of benzene rings is 1. The van der Waals surface area contributed by atoms with E-state index in [-0.39, 0.29) is 11.3 Å². The Kier molecular flexibility index (Phi) is 5.88. The fourth-order valence-corrected chi connectivity index (χ4v) is 3.22. The molecule has 0 spiro atoms. The quantitative estimate of drug-likeness (QED) is 0.591. The average molecular weight is 300 g/mol. The lowest BCUT2D eigenvalue weighted by molar-refractivity contribution is 0.0696. The average Bonchev–Trinajstić information content (AvgIpc) is 2.38. The van der Waals surface area contributed by atoms with E-state index in [9.17, 15) is 17.6 Å². The van der Waals surface area contributed by atoms with Gasteiger partial charge in [0.2, 0.25) is 0 Å². The van der Waals surface area contributed by atoms with E-state index in [4.69, 9.17) is 5.11 Å². The maximum absolute atomic E-state index is 13.6. The number of unbranched alkanes of at least 4 members (excludes halogenated alkanes) is 3. The summed E-state index contributed by atoms with van der Waals surface area (Å²) in [5.74, 6) is -2.39. The maximum atomic E-state index is 13.6. The molecule has 20 heavy (non-hydrogen) atoms. The van der Waals surface area contributed by atoms with Crippen LogP contribution < -0.4 is 0 Å². The Morgan fingerprint density at radius 2 is 2.00 bits per heavy atom. The molecule has 0 amide bonds. The maximum Gasteiger partial charge on any atom is 0.335 e. The molecule has 0 atom stereocenters. The molecule has 0 aromatic heterocycles. The summed E-state index contributed by atoms with van der Waals surface area (Å²) in [5, 5.41) is 8.81. The fraction of sp³-hybridized carbons (Fsp3) is 0.357. The molecule has 1 N–H and O–H groups in total. The third-order valence-electron chi connectivity index (χ3n) is 2.83. The van der Waals surface area contributed by atoms with Crippen LogP contribution in [0.3, 0.4) is 0 Å². The summed E-state index contributed by atoms with van der Waals surface area (Å²) in [6.45, 7) is 3.57. The summed E-state index contributed by atoms with van der Waals surface area (Å²) in [6.07, 6.45) is 4.50. The van der Waals surface area contributed by atoms with Crippen molar-refractivity contribution in [2.45, 2.75) is 30.6 Å². The van der Waals surface area contributed by atoms with Gasteiger partial charge in [-0.25, -0.2) is 17.6 Å². The minimum atomic E-state index is -3.80. The smallest absolute Gasteiger partial charge is 0.335 e. The summed E-state index contributed by atoms with van der Waals surface area (Å²) in [7, 11) is -3.80. The van der Waals surface area contributed by atoms with Crippen LogP contribution in [0.15, 0.2) is 35.7 Å². The van der Waals surface area contributed by atoms with Crippen molar-refractivity contribution in [3.05, 3.63) is 42.2 Å². The van der Waals surface area contributed by atoms with Crippen molar-refractivity contribution in [3.63, 3.8) is 0 Å². The minimum Gasteiger partial charge on any atom is -0.478 e. The molecule has 0 bridgehead atoms. The number of rotatable bonds is 8. The monoisotopic (exact) mass is 300 g/mol. The molecule has 1 rings (SSSR count). The van der Waals surface area contributed by atoms with Crippen molar-refractivity contribution >= 4 is 15.8 Å². The van der Waals surface area contributed by atoms with Gasteiger partial charge in [-0.3, -0.25) is 0 Å². The highest BCUT2D eigenvalue weighted by Gasteiger charge is 2.20. The topological polar surface area (TPSA) is 71.4 Å². The molecule has 1 aromatic rings. The molecule has 0 aliphatic carbocycles. The van der Waals surface area contributed by atoms with Crippen LogP contribution in [-0.2, 0) is 9.84 Å². The number of carbonyl (C=O) groups is 1. The first-order valence-corrected chi connectivity index (χ1v) is 7.90. The molecular formula is C14H17FO4S. The van der Waals surface area contributed by atoms with Gasteiger partial charge in [0.05, 0.1) is 11.3 Å². The van der Waals surface area contributed by atoms with Gasteiger partial charge in [-0.15, -0.1) is 6.58 Å². The van der Waals surface area contributed by atoms with E-state index in [2.05, 4.69) is 6.58 Å². The highest BCUT2D eigenvalue weighted by molar-refractivity contribution is 7.91. The molecule has 1 aromatic carbocycles. The molecule has 110 valence electrons. The molecule has 0 saturated carbocycles. The minimum absolute atomic E-state index is 0.190. The molecule has 0 heterocycles. The molecule has 4 nitrogen and oxygen atoms in total. The van der Waals surface area contributed by atoms with Crippen LogP contribution in [-0.4, -0.2) is 25.2 Å². The predicted molar refractivity (Wildman–Crippen MR) is 74.1 cm³/mol. The van der Waals surface area contributed by atoms with Gasteiger partial charge >= 0.3 is 5.97 Å². The highest BCUT2D eigenvalue weighted by atomic mass is 32.2. The Labute approximate surface area is 117 Å². The molecular weight excluding hydrogens is 283 g/mol. The molecule has 0 fully saturated rings. The largest absolute Gasteiger partial charge is 0.478 e. The van der Waals surface area contributed by atoms with Gasteiger partial charge in [0, 0.05) is 0 Å². The summed E-state index contributed by atoms with van der Waals surface area (Å²) >= 11 is 0. The Morgan fingerprint density at radius 1 is 1.30 bits per heavy atom. The van der Waals surface area contributed by atoms with Crippen molar-refractivity contribution in [1.82, 2.24) is 0 Å². The van der Waals surface area contributed by atoms with Crippen LogP contribution in [0.5, 0.6) is 0 Å². The van der Waals surface area contributed by atoms with E-state index >= 15 is 0 Å². The van der Waals surface area contributed by atoms with Crippen molar-refractivity contribution in [3.8, 4) is 0 Å². The van der Waals surface area contributed by atoms with Crippen LogP contribution >= 0.6 is 0 Å². The van der Waals surface area contributed by atoms with Gasteiger partial charge in [0.15, 0.2) is 9.84 Å². The Hall–Kier alpha value is -1.69. The van der Waals surface area contributed by atoms with Gasteiger partial charge in [-0.2, -0.15) is 0 Å². The number of carboxylic acid groups (broad SMARTS) is 1. The predicted octanol–water partition coefficient (Wildman–Crippen LogP) is 3.04. The van der Waals surface area contributed by atoms with Crippen LogP contribution in [0.1, 0.15) is 36.0 Å². The van der Waals surface area contributed by atoms with Crippen molar-refractivity contribution in [1.29, 1.82) is 0 Å². The molecule has 0 aliphatic heterocycles. The standard InChI is InChI=1S/C14H17FO4S/c1-2-3-4-5-6-9-20(18,19)13-10-11(14(16)17)7-8-12(13)15/h2,7-8,10H,1,3-6,9H2,(H,16,17). The van der Waals surface area contributed by atoms with Gasteiger partial charge in [-0.1, -0.05) is 12.5 Å². The van der Waals surface area contributed by atoms with E-state index in [1.54, 1.807) is 6.08 Å². The molecule has 0 saturated heterocycles. The second-order valence-electron chi connectivity index (χ2n) is 4.41. The van der Waals surface area contributed by atoms with E-state index in [0.717, 1.165) is 31.0 Å². The SMILES string of the molecule is C=CCCCCCS(=O)(=O)c1cc(C(=O)O)ccc1F. The third-order valence-corrected chi connectivity index (χ3v) is 4.64. The molecule has 0 radical (unpaired) electrons. The number of hydrogen-bond donors (Lipinski definition) is 1. The first-order chi connectivity index (χ1) is 9.38. The van der Waals surface area contributed by atoms with E-state index in [1.165, 1.54) is 0 Å². The fourth-order valence-electron chi connectivity index (χ4n) is 1.74. The van der Waals surface area contributed by atoms with Crippen molar-refractivity contribution in [2.75, 3.05) is 5.75 Å². The number of allylic oxidation sites excluding steroid dienone is 1. The number of hydrogen-bond acceptors (Lipinski definition) is 3. The Bertz CT molecular complexity index is 593. The van der Waals surface area contributed by atoms with Gasteiger partial charge in [-0.05, 0) is 37.5 Å². The summed E-state index contributed by atoms with van der Waals surface area (Å²) in [5.41, 5.74) is -0.239. The van der Waals surface area contributed by atoms with Gasteiger partial charge in [0.1, 0.15) is 10.7 Å². The number of sulfone groups is 1. The zero-order valence-corrected chi connectivity index (χ0v) is 11.8. The zero-order valence-electron chi connectivity index (χ0n) is 11.0. The van der Waals surface area contributed by atoms with Crippen LogP contribution in [0.2, 0.25) is 0 Å². The van der Waals surface area contributed by atoms with Crippen LogP contribution in [0.4, 0.5) is 4.39 Å². The second-order valence-corrected chi connectivity index (χ2v) is 6.48. The molecule has 0 aliphatic rings. The first kappa shape index (κ1) is 16.4. The molecule has 6 heteroatoms. The third kappa shape index (κ3) is 4.45. The van der Waals surface area contributed by atoms with E-state index in [0.29, 0.717) is 12.8 Å². The number of aromatic carboxylic acids is 1. The lowest BCUT2D eigenvalue weighted by atomic mass is 10.2. The second kappa shape index (κ2) is 7.19. The summed E-state index contributed by atoms with van der Waals surface area (Å²) in [6, 6.07) is 2.78. The van der Waals surface area contributed by atoms with Crippen molar-refractivity contribution in [2.24, 2.45) is 0 Å². The normalized spacial score (nSPS) is 11.2. The lowest BCUT2D eigenvalue weighted by Crippen LogP contribution is -2.10. The van der Waals surface area contributed by atoms with Gasteiger partial charge in [0.25, 0.3) is 0 Å². The Balaban J connectivity index is 2.83.